The lowest BCUT2D eigenvalue weighted by Gasteiger charge is -2.28. The molecular formula is C24H31N3OS. The summed E-state index contributed by atoms with van der Waals surface area (Å²) in [5, 5.41) is 1.07. The smallest absolute Gasteiger partial charge is 0.190 e. The van der Waals surface area contributed by atoms with Crippen molar-refractivity contribution in [2.45, 2.75) is 39.0 Å². The van der Waals surface area contributed by atoms with Gasteiger partial charge in [0.1, 0.15) is 5.75 Å². The predicted molar refractivity (Wildman–Crippen MR) is 124 cm³/mol. The lowest BCUT2D eigenvalue weighted by Crippen LogP contribution is -2.32. The maximum Gasteiger partial charge on any atom is 0.190 e. The second kappa shape index (κ2) is 9.59. The molecule has 1 aliphatic heterocycles. The molecule has 2 aromatic carbocycles. The summed E-state index contributed by atoms with van der Waals surface area (Å²) in [6.07, 6.45) is 6.26. The number of aromatic nitrogens is 1. The van der Waals surface area contributed by atoms with Crippen molar-refractivity contribution in [2.24, 2.45) is 0 Å². The van der Waals surface area contributed by atoms with Crippen LogP contribution in [0.3, 0.4) is 0 Å². The van der Waals surface area contributed by atoms with Gasteiger partial charge in [-0.1, -0.05) is 36.8 Å². The maximum absolute atomic E-state index is 5.48. The zero-order chi connectivity index (χ0) is 20.1. The number of nitrogens with zero attached hydrogens (tertiary/aromatic N) is 3. The number of ether oxygens (including phenoxy) is 1. The minimum atomic E-state index is 0.887. The molecule has 0 saturated carbocycles. The molecule has 4 nitrogen and oxygen atoms in total. The Hall–Kier alpha value is -2.11. The van der Waals surface area contributed by atoms with Crippen molar-refractivity contribution in [2.75, 3.05) is 38.2 Å². The Morgan fingerprint density at radius 1 is 1.10 bits per heavy atom. The highest BCUT2D eigenvalue weighted by Crippen LogP contribution is 2.35. The van der Waals surface area contributed by atoms with Crippen molar-refractivity contribution in [3.05, 3.63) is 48.0 Å². The molecule has 1 fully saturated rings. The zero-order valence-corrected chi connectivity index (χ0v) is 18.4. The van der Waals surface area contributed by atoms with Crippen molar-refractivity contribution in [3.8, 4) is 5.75 Å². The summed E-state index contributed by atoms with van der Waals surface area (Å²) in [7, 11) is 1.73. The molecule has 29 heavy (non-hydrogen) atoms. The van der Waals surface area contributed by atoms with E-state index in [2.05, 4.69) is 53.1 Å². The van der Waals surface area contributed by atoms with Gasteiger partial charge >= 0.3 is 0 Å². The number of piperidine rings is 1. The maximum atomic E-state index is 5.48. The topological polar surface area (TPSA) is 28.6 Å². The van der Waals surface area contributed by atoms with Crippen LogP contribution in [0.4, 0.5) is 10.8 Å². The van der Waals surface area contributed by atoms with Crippen LogP contribution in [0.1, 0.15) is 38.2 Å². The molecule has 3 aromatic rings. The quantitative estimate of drug-likeness (QED) is 0.464. The van der Waals surface area contributed by atoms with E-state index in [9.17, 15) is 0 Å². The van der Waals surface area contributed by atoms with Crippen molar-refractivity contribution in [1.29, 1.82) is 0 Å². The fourth-order valence-corrected chi connectivity index (χ4v) is 5.12. The second-order valence-electron chi connectivity index (χ2n) is 7.76. The number of methoxy groups -OCH3 is 1. The van der Waals surface area contributed by atoms with Gasteiger partial charge in [0.25, 0.3) is 0 Å². The molecule has 0 bridgehead atoms. The van der Waals surface area contributed by atoms with Gasteiger partial charge in [0.15, 0.2) is 5.13 Å². The van der Waals surface area contributed by atoms with Gasteiger partial charge in [0, 0.05) is 18.3 Å². The van der Waals surface area contributed by atoms with Crippen molar-refractivity contribution in [1.82, 2.24) is 9.88 Å². The predicted octanol–water partition coefficient (Wildman–Crippen LogP) is 5.88. The van der Waals surface area contributed by atoms with Crippen LogP contribution in [-0.4, -0.2) is 43.2 Å². The minimum Gasteiger partial charge on any atom is -0.497 e. The average Bonchev–Trinajstić information content (AvgIpc) is 3.20. The van der Waals surface area contributed by atoms with Crippen LogP contribution in [0.25, 0.3) is 10.2 Å². The van der Waals surface area contributed by atoms with Crippen molar-refractivity contribution < 1.29 is 4.74 Å². The number of hydrogen-bond acceptors (Lipinski definition) is 5. The summed E-state index contributed by atoms with van der Waals surface area (Å²) in [5.41, 5.74) is 3.61. The third-order valence-corrected chi connectivity index (χ3v) is 6.79. The number of hydrogen-bond donors (Lipinski definition) is 0. The summed E-state index contributed by atoms with van der Waals surface area (Å²) < 4.78 is 6.74. The molecule has 2 heterocycles. The third kappa shape index (κ3) is 4.90. The Morgan fingerprint density at radius 3 is 2.76 bits per heavy atom. The van der Waals surface area contributed by atoms with E-state index in [-0.39, 0.29) is 0 Å². The first-order valence-corrected chi connectivity index (χ1v) is 11.6. The van der Waals surface area contributed by atoms with Crippen LogP contribution in [0, 0.1) is 0 Å². The third-order valence-electron chi connectivity index (χ3n) is 5.75. The van der Waals surface area contributed by atoms with Gasteiger partial charge < -0.3 is 14.5 Å². The van der Waals surface area contributed by atoms with Gasteiger partial charge in [-0.25, -0.2) is 4.98 Å². The second-order valence-corrected chi connectivity index (χ2v) is 8.77. The zero-order valence-electron chi connectivity index (χ0n) is 17.6. The normalized spacial score (nSPS) is 15.0. The molecule has 1 aliphatic rings. The summed E-state index contributed by atoms with van der Waals surface area (Å²) in [5.74, 6) is 0.887. The van der Waals surface area contributed by atoms with Gasteiger partial charge in [0.2, 0.25) is 0 Å². The highest BCUT2D eigenvalue weighted by atomic mass is 32.1. The van der Waals surface area contributed by atoms with E-state index in [0.29, 0.717) is 0 Å². The van der Waals surface area contributed by atoms with E-state index in [1.54, 1.807) is 18.4 Å². The molecule has 0 radical (unpaired) electrons. The molecule has 1 aromatic heterocycles. The van der Waals surface area contributed by atoms with Crippen LogP contribution in [0.2, 0.25) is 0 Å². The first-order valence-electron chi connectivity index (χ1n) is 10.8. The van der Waals surface area contributed by atoms with E-state index < -0.39 is 0 Å². The molecule has 154 valence electrons. The standard InChI is InChI=1S/C24H31N3OS/c1-3-19-11-12-22-23(17-19)29-24(25-22)27(20-9-7-10-21(18-20)28-2)16-8-15-26-13-5-4-6-14-26/h7,9-12,17-18H,3-6,8,13-16H2,1-2H3. The van der Waals surface area contributed by atoms with Crippen LogP contribution in [-0.2, 0) is 6.42 Å². The Labute approximate surface area is 178 Å². The van der Waals surface area contributed by atoms with Gasteiger partial charge in [0.05, 0.1) is 17.3 Å². The number of thiazole rings is 1. The van der Waals surface area contributed by atoms with E-state index in [1.165, 1.54) is 42.6 Å². The van der Waals surface area contributed by atoms with E-state index >= 15 is 0 Å². The van der Waals surface area contributed by atoms with E-state index in [1.807, 2.05) is 6.07 Å². The fraction of sp³-hybridized carbons (Fsp3) is 0.458. The van der Waals surface area contributed by atoms with Crippen molar-refractivity contribution in [3.63, 3.8) is 0 Å². The number of benzene rings is 2. The number of likely N-dealkylation sites (tertiary alicyclic amines) is 1. The Bertz CT molecular complexity index is 933. The monoisotopic (exact) mass is 409 g/mol. The first kappa shape index (κ1) is 20.2. The Morgan fingerprint density at radius 2 is 1.97 bits per heavy atom. The Balaban J connectivity index is 1.58. The molecule has 4 rings (SSSR count). The molecule has 0 unspecified atom stereocenters. The van der Waals surface area contributed by atoms with Gasteiger partial charge in [-0.05, 0) is 75.1 Å². The van der Waals surface area contributed by atoms with Crippen molar-refractivity contribution >= 4 is 32.4 Å². The Kier molecular flexibility index (Phi) is 6.67. The van der Waals surface area contributed by atoms with Crippen LogP contribution in [0.15, 0.2) is 42.5 Å². The van der Waals surface area contributed by atoms with Gasteiger partial charge in [-0.3, -0.25) is 0 Å². The van der Waals surface area contributed by atoms with Gasteiger partial charge in [-0.15, -0.1) is 0 Å². The number of rotatable bonds is 8. The van der Waals surface area contributed by atoms with Gasteiger partial charge in [-0.2, -0.15) is 0 Å². The average molecular weight is 410 g/mol. The minimum absolute atomic E-state index is 0.887. The summed E-state index contributed by atoms with van der Waals surface area (Å²) >= 11 is 1.79. The molecule has 0 spiro atoms. The number of aryl methyl sites for hydroxylation is 1. The van der Waals surface area contributed by atoms with Crippen LogP contribution < -0.4 is 9.64 Å². The van der Waals surface area contributed by atoms with Crippen LogP contribution >= 0.6 is 11.3 Å². The summed E-state index contributed by atoms with van der Waals surface area (Å²) in [4.78, 5) is 9.95. The highest BCUT2D eigenvalue weighted by Gasteiger charge is 2.17. The highest BCUT2D eigenvalue weighted by molar-refractivity contribution is 7.22. The summed E-state index contributed by atoms with van der Waals surface area (Å²) in [6, 6.07) is 15.0. The van der Waals surface area contributed by atoms with Crippen LogP contribution in [0.5, 0.6) is 5.75 Å². The molecule has 0 atom stereocenters. The molecule has 5 heteroatoms. The molecule has 0 amide bonds. The molecule has 0 aliphatic carbocycles. The molecule has 1 saturated heterocycles. The molecular weight excluding hydrogens is 378 g/mol. The lowest BCUT2D eigenvalue weighted by molar-refractivity contribution is 0.227. The molecule has 0 N–H and O–H groups in total. The first-order chi connectivity index (χ1) is 14.3. The van der Waals surface area contributed by atoms with E-state index in [4.69, 9.17) is 9.72 Å². The fourth-order valence-electron chi connectivity index (χ4n) is 4.04. The number of fused-ring (bicyclic) bond motifs is 1. The SMILES string of the molecule is CCc1ccc2nc(N(CCCN3CCCCC3)c3cccc(OC)c3)sc2c1. The largest absolute Gasteiger partial charge is 0.497 e. The van der Waals surface area contributed by atoms with E-state index in [0.717, 1.165) is 48.0 Å². The lowest BCUT2D eigenvalue weighted by atomic mass is 10.1. The number of anilines is 2. The summed E-state index contributed by atoms with van der Waals surface area (Å²) in [6.45, 7) is 6.82.